The highest BCUT2D eigenvalue weighted by Gasteiger charge is 2.19. The van der Waals surface area contributed by atoms with E-state index in [4.69, 9.17) is 0 Å². The average molecular weight is 402 g/mol. The lowest BCUT2D eigenvalue weighted by Crippen LogP contribution is -2.32. The Kier molecular flexibility index (Phi) is 8.88. The molecule has 0 aliphatic carbocycles. The molecule has 1 atom stereocenters. The first-order valence-corrected chi connectivity index (χ1v) is 10.1. The molecule has 4 heteroatoms. The summed E-state index contributed by atoms with van der Waals surface area (Å²) in [5, 5.41) is 19.5. The average Bonchev–Trinajstić information content (AvgIpc) is 2.66. The van der Waals surface area contributed by atoms with Crippen LogP contribution < -0.4 is 0 Å². The minimum Gasteiger partial charge on any atom is -0.508 e. The molecule has 3 rings (SSSR count). The van der Waals surface area contributed by atoms with Gasteiger partial charge in [-0.15, -0.1) is 12.4 Å². The van der Waals surface area contributed by atoms with Gasteiger partial charge in [0.15, 0.2) is 0 Å². The van der Waals surface area contributed by atoms with Crippen molar-refractivity contribution in [2.45, 2.75) is 39.0 Å². The predicted octanol–water partition coefficient (Wildman–Crippen LogP) is 5.35. The van der Waals surface area contributed by atoms with Crippen LogP contribution in [-0.2, 0) is 12.8 Å². The van der Waals surface area contributed by atoms with Crippen LogP contribution in [0.1, 0.15) is 37.3 Å². The molecule has 1 unspecified atom stereocenters. The van der Waals surface area contributed by atoms with Crippen LogP contribution in [0.4, 0.5) is 0 Å². The van der Waals surface area contributed by atoms with E-state index >= 15 is 0 Å². The monoisotopic (exact) mass is 401 g/mol. The minimum absolute atomic E-state index is 0. The Hall–Kier alpha value is -1.97. The van der Waals surface area contributed by atoms with Crippen molar-refractivity contribution in [1.82, 2.24) is 4.90 Å². The van der Waals surface area contributed by atoms with E-state index < -0.39 is 0 Å². The molecule has 0 fully saturated rings. The fraction of sp³-hybridized carbons (Fsp3) is 0.417. The molecule has 1 aliphatic heterocycles. The predicted molar refractivity (Wildman–Crippen MR) is 118 cm³/mol. The molecule has 0 bridgehead atoms. The summed E-state index contributed by atoms with van der Waals surface area (Å²) >= 11 is 0. The molecule has 0 saturated carbocycles. The number of phenolic OH excluding ortho intramolecular Hbond substituents is 2. The topological polar surface area (TPSA) is 43.7 Å². The minimum atomic E-state index is 0. The van der Waals surface area contributed by atoms with E-state index in [-0.39, 0.29) is 23.9 Å². The van der Waals surface area contributed by atoms with E-state index in [1.165, 1.54) is 17.2 Å². The number of aromatic hydroxyl groups is 2. The maximum atomic E-state index is 9.75. The molecule has 28 heavy (non-hydrogen) atoms. The van der Waals surface area contributed by atoms with Crippen LogP contribution in [0.25, 0.3) is 0 Å². The summed E-state index contributed by atoms with van der Waals surface area (Å²) in [5.41, 5.74) is 3.95. The number of rotatable bonds is 8. The molecule has 0 spiro atoms. The summed E-state index contributed by atoms with van der Waals surface area (Å²) in [7, 11) is 0. The second-order valence-corrected chi connectivity index (χ2v) is 7.61. The third kappa shape index (κ3) is 6.57. The van der Waals surface area contributed by atoms with Crippen molar-refractivity contribution >= 4 is 12.4 Å². The van der Waals surface area contributed by atoms with Crippen LogP contribution in [0.3, 0.4) is 0 Å². The van der Waals surface area contributed by atoms with E-state index in [9.17, 15) is 10.2 Å². The molecule has 0 aromatic heterocycles. The van der Waals surface area contributed by atoms with Crippen LogP contribution in [-0.4, -0.2) is 34.7 Å². The first kappa shape index (κ1) is 22.3. The number of benzene rings is 2. The van der Waals surface area contributed by atoms with Gasteiger partial charge in [-0.05, 0) is 54.9 Å². The highest BCUT2D eigenvalue weighted by molar-refractivity contribution is 5.85. The molecule has 0 saturated heterocycles. The molecule has 0 radical (unpaired) electrons. The van der Waals surface area contributed by atoms with E-state index in [0.717, 1.165) is 57.3 Å². The van der Waals surface area contributed by atoms with Crippen molar-refractivity contribution < 1.29 is 10.2 Å². The normalized spacial score (nSPS) is 15.5. The zero-order valence-corrected chi connectivity index (χ0v) is 17.5. The van der Waals surface area contributed by atoms with Gasteiger partial charge in [0.25, 0.3) is 0 Å². The Morgan fingerprint density at radius 2 is 1.71 bits per heavy atom. The third-order valence-electron chi connectivity index (χ3n) is 5.49. The summed E-state index contributed by atoms with van der Waals surface area (Å²) in [6.45, 7) is 5.47. The number of halogens is 1. The SMILES string of the molecule is CCCC(Cc1cc(O)cc(O)c1)C1=CCN(CCc2ccccc2)CC1.Cl. The Morgan fingerprint density at radius 3 is 2.32 bits per heavy atom. The molecule has 152 valence electrons. The summed E-state index contributed by atoms with van der Waals surface area (Å²) in [5.74, 6) is 0.780. The van der Waals surface area contributed by atoms with Gasteiger partial charge in [0, 0.05) is 25.7 Å². The molecule has 2 aromatic carbocycles. The van der Waals surface area contributed by atoms with E-state index in [1.54, 1.807) is 12.1 Å². The number of hydrogen-bond donors (Lipinski definition) is 2. The quantitative estimate of drug-likeness (QED) is 0.585. The first-order valence-electron chi connectivity index (χ1n) is 10.1. The summed E-state index contributed by atoms with van der Waals surface area (Å²) < 4.78 is 0. The fourth-order valence-electron chi connectivity index (χ4n) is 4.06. The van der Waals surface area contributed by atoms with Gasteiger partial charge in [-0.1, -0.05) is 55.3 Å². The lowest BCUT2D eigenvalue weighted by molar-refractivity contribution is 0.288. The van der Waals surface area contributed by atoms with Crippen molar-refractivity contribution in [3.05, 3.63) is 71.3 Å². The van der Waals surface area contributed by atoms with Crippen LogP contribution in [0, 0.1) is 5.92 Å². The largest absolute Gasteiger partial charge is 0.508 e. The molecule has 1 aliphatic rings. The van der Waals surface area contributed by atoms with Crippen molar-refractivity contribution in [3.63, 3.8) is 0 Å². The van der Waals surface area contributed by atoms with Gasteiger partial charge in [-0.25, -0.2) is 0 Å². The van der Waals surface area contributed by atoms with Gasteiger partial charge < -0.3 is 10.2 Å². The molecule has 3 nitrogen and oxygen atoms in total. The summed E-state index contributed by atoms with van der Waals surface area (Å²) in [6, 6.07) is 15.6. The van der Waals surface area contributed by atoms with E-state index in [1.807, 2.05) is 0 Å². The van der Waals surface area contributed by atoms with Crippen molar-refractivity contribution in [2.24, 2.45) is 5.92 Å². The third-order valence-corrected chi connectivity index (χ3v) is 5.49. The van der Waals surface area contributed by atoms with Gasteiger partial charge in [0.05, 0.1) is 0 Å². The zero-order chi connectivity index (χ0) is 19.1. The Bertz CT molecular complexity index is 740. The van der Waals surface area contributed by atoms with Crippen molar-refractivity contribution in [1.29, 1.82) is 0 Å². The van der Waals surface area contributed by atoms with Gasteiger partial charge in [0.1, 0.15) is 11.5 Å². The lowest BCUT2D eigenvalue weighted by Gasteiger charge is -2.30. The van der Waals surface area contributed by atoms with Crippen molar-refractivity contribution in [2.75, 3.05) is 19.6 Å². The molecular formula is C24H32ClNO2. The highest BCUT2D eigenvalue weighted by Crippen LogP contribution is 2.30. The Morgan fingerprint density at radius 1 is 1.00 bits per heavy atom. The van der Waals surface area contributed by atoms with Crippen LogP contribution >= 0.6 is 12.4 Å². The lowest BCUT2D eigenvalue weighted by atomic mass is 9.85. The Balaban J connectivity index is 0.00000280. The fourth-order valence-corrected chi connectivity index (χ4v) is 4.06. The van der Waals surface area contributed by atoms with Gasteiger partial charge in [0.2, 0.25) is 0 Å². The second kappa shape index (κ2) is 11.1. The highest BCUT2D eigenvalue weighted by atomic mass is 35.5. The van der Waals surface area contributed by atoms with Crippen LogP contribution in [0.2, 0.25) is 0 Å². The summed E-state index contributed by atoms with van der Waals surface area (Å²) in [6.07, 6.45) is 7.80. The van der Waals surface area contributed by atoms with Gasteiger partial charge >= 0.3 is 0 Å². The maximum absolute atomic E-state index is 9.75. The standard InChI is InChI=1S/C24H31NO2.ClH/c1-2-6-22(15-20-16-23(26)18-24(27)17-20)21-10-13-25(14-11-21)12-9-19-7-4-3-5-8-19;/h3-5,7-8,10,16-18,22,26-27H,2,6,9,11-15H2,1H3;1H. The van der Waals surface area contributed by atoms with Crippen molar-refractivity contribution in [3.8, 4) is 11.5 Å². The number of nitrogens with zero attached hydrogens (tertiary/aromatic N) is 1. The number of hydrogen-bond acceptors (Lipinski definition) is 3. The molecule has 2 aromatic rings. The molecular weight excluding hydrogens is 370 g/mol. The van der Waals surface area contributed by atoms with Crippen LogP contribution in [0.15, 0.2) is 60.2 Å². The van der Waals surface area contributed by atoms with Gasteiger partial charge in [-0.2, -0.15) is 0 Å². The maximum Gasteiger partial charge on any atom is 0.119 e. The van der Waals surface area contributed by atoms with Crippen LogP contribution in [0.5, 0.6) is 11.5 Å². The second-order valence-electron chi connectivity index (χ2n) is 7.61. The molecule has 1 heterocycles. The Labute approximate surface area is 175 Å². The number of phenols is 2. The smallest absolute Gasteiger partial charge is 0.119 e. The molecule has 0 amide bonds. The summed E-state index contributed by atoms with van der Waals surface area (Å²) in [4.78, 5) is 2.53. The zero-order valence-electron chi connectivity index (χ0n) is 16.7. The van der Waals surface area contributed by atoms with E-state index in [0.29, 0.717) is 5.92 Å². The van der Waals surface area contributed by atoms with Gasteiger partial charge in [-0.3, -0.25) is 4.90 Å². The first-order chi connectivity index (χ1) is 13.1. The van der Waals surface area contributed by atoms with E-state index in [2.05, 4.69) is 48.2 Å². The molecule has 2 N–H and O–H groups in total.